The minimum absolute atomic E-state index is 0.126. The summed E-state index contributed by atoms with van der Waals surface area (Å²) in [5, 5.41) is 12.2. The Morgan fingerprint density at radius 3 is 2.89 bits per heavy atom. The van der Waals surface area contributed by atoms with E-state index in [0.717, 1.165) is 50.8 Å². The van der Waals surface area contributed by atoms with Crippen molar-refractivity contribution in [2.24, 2.45) is 5.92 Å². The number of carbonyl (C=O) groups is 2. The maximum atomic E-state index is 12.3. The maximum absolute atomic E-state index is 12.3. The van der Waals surface area contributed by atoms with Crippen molar-refractivity contribution >= 4 is 17.6 Å². The van der Waals surface area contributed by atoms with Crippen molar-refractivity contribution in [2.75, 3.05) is 38.2 Å². The summed E-state index contributed by atoms with van der Waals surface area (Å²) in [5.41, 5.74) is 1.77. The molecular formula is C21H30N2O5. The molecule has 1 aromatic carbocycles. The molecule has 2 fully saturated rings. The van der Waals surface area contributed by atoms with Crippen molar-refractivity contribution in [3.8, 4) is 5.75 Å². The predicted octanol–water partition coefficient (Wildman–Crippen LogP) is 2.54. The number of amides is 1. The van der Waals surface area contributed by atoms with Crippen LogP contribution in [-0.2, 0) is 20.7 Å². The Bertz CT molecular complexity index is 687. The van der Waals surface area contributed by atoms with Gasteiger partial charge in [-0.2, -0.15) is 0 Å². The van der Waals surface area contributed by atoms with Gasteiger partial charge in [0.2, 0.25) is 0 Å². The van der Waals surface area contributed by atoms with E-state index in [-0.39, 0.29) is 17.9 Å². The molecular weight excluding hydrogens is 360 g/mol. The molecule has 154 valence electrons. The highest BCUT2D eigenvalue weighted by Crippen LogP contribution is 2.28. The number of carbonyl (C=O) groups excluding carboxylic acids is 1. The summed E-state index contributed by atoms with van der Waals surface area (Å²) in [6, 6.07) is 5.84. The second-order valence-electron chi connectivity index (χ2n) is 7.48. The molecule has 2 heterocycles. The van der Waals surface area contributed by atoms with E-state index >= 15 is 0 Å². The Labute approximate surface area is 166 Å². The van der Waals surface area contributed by atoms with Crippen LogP contribution in [0.3, 0.4) is 0 Å². The van der Waals surface area contributed by atoms with Crippen LogP contribution in [0.15, 0.2) is 18.2 Å². The van der Waals surface area contributed by atoms with Crippen LogP contribution >= 0.6 is 0 Å². The molecule has 28 heavy (non-hydrogen) atoms. The van der Waals surface area contributed by atoms with E-state index in [4.69, 9.17) is 9.47 Å². The fourth-order valence-electron chi connectivity index (χ4n) is 3.85. The third-order valence-electron chi connectivity index (χ3n) is 5.40. The molecule has 2 aliphatic rings. The van der Waals surface area contributed by atoms with E-state index in [2.05, 4.69) is 10.2 Å². The highest BCUT2D eigenvalue weighted by Gasteiger charge is 2.26. The first-order valence-electron chi connectivity index (χ1n) is 10.2. The zero-order valence-corrected chi connectivity index (χ0v) is 16.5. The summed E-state index contributed by atoms with van der Waals surface area (Å²) in [4.78, 5) is 25.8. The summed E-state index contributed by atoms with van der Waals surface area (Å²) in [6.45, 7) is 5.43. The number of carboxylic acid groups (broad SMARTS) is 1. The molecule has 1 amide bonds. The molecule has 0 aromatic heterocycles. The van der Waals surface area contributed by atoms with Crippen molar-refractivity contribution in [3.63, 3.8) is 0 Å². The smallest absolute Gasteiger partial charge is 0.307 e. The third-order valence-corrected chi connectivity index (χ3v) is 5.40. The second kappa shape index (κ2) is 9.89. The Hall–Kier alpha value is -2.12. The Kier molecular flexibility index (Phi) is 7.28. The lowest BCUT2D eigenvalue weighted by Gasteiger charge is -2.30. The van der Waals surface area contributed by atoms with Gasteiger partial charge in [-0.3, -0.25) is 9.59 Å². The van der Waals surface area contributed by atoms with Crippen LogP contribution in [-0.4, -0.2) is 60.8 Å². The van der Waals surface area contributed by atoms with Crippen molar-refractivity contribution < 1.29 is 24.2 Å². The molecule has 2 unspecified atom stereocenters. The minimum Gasteiger partial charge on any atom is -0.492 e. The highest BCUT2D eigenvalue weighted by atomic mass is 16.5. The van der Waals surface area contributed by atoms with Gasteiger partial charge < -0.3 is 24.8 Å². The van der Waals surface area contributed by atoms with Gasteiger partial charge in [-0.1, -0.05) is 6.07 Å². The number of likely N-dealkylation sites (tertiary alicyclic amines) is 1. The van der Waals surface area contributed by atoms with Crippen molar-refractivity contribution in [1.29, 1.82) is 0 Å². The molecule has 7 heteroatoms. The SMILES string of the molecule is CCOc1cc(CCN2CCCC(C(=O)O)C2)ccc1NC(=O)C1CCCO1. The van der Waals surface area contributed by atoms with Crippen molar-refractivity contribution in [1.82, 2.24) is 4.90 Å². The Morgan fingerprint density at radius 1 is 1.32 bits per heavy atom. The average molecular weight is 390 g/mol. The number of rotatable bonds is 8. The first-order valence-corrected chi connectivity index (χ1v) is 10.2. The summed E-state index contributed by atoms with van der Waals surface area (Å²) in [6.07, 6.45) is 3.78. The van der Waals surface area contributed by atoms with Gasteiger partial charge in [-0.05, 0) is 63.3 Å². The predicted molar refractivity (Wildman–Crippen MR) is 106 cm³/mol. The molecule has 0 spiro atoms. The van der Waals surface area contributed by atoms with Crippen LogP contribution in [0.25, 0.3) is 0 Å². The molecule has 2 N–H and O–H groups in total. The van der Waals surface area contributed by atoms with Gasteiger partial charge in [0, 0.05) is 19.7 Å². The molecule has 0 bridgehead atoms. The number of carboxylic acids is 1. The molecule has 0 saturated carbocycles. The van der Waals surface area contributed by atoms with Crippen LogP contribution < -0.4 is 10.1 Å². The fourth-order valence-corrected chi connectivity index (χ4v) is 3.85. The number of hydrogen-bond donors (Lipinski definition) is 2. The van der Waals surface area contributed by atoms with Crippen LogP contribution in [0.5, 0.6) is 5.75 Å². The monoisotopic (exact) mass is 390 g/mol. The number of piperidine rings is 1. The molecule has 7 nitrogen and oxygen atoms in total. The number of aliphatic carboxylic acids is 1. The summed E-state index contributed by atoms with van der Waals surface area (Å²) in [5.74, 6) is -0.426. The van der Waals surface area contributed by atoms with Crippen LogP contribution in [0, 0.1) is 5.92 Å². The first kappa shape index (κ1) is 20.6. The van der Waals surface area contributed by atoms with Crippen molar-refractivity contribution in [2.45, 2.75) is 45.1 Å². The van der Waals surface area contributed by atoms with Gasteiger partial charge in [0.1, 0.15) is 11.9 Å². The van der Waals surface area contributed by atoms with E-state index in [0.29, 0.717) is 31.2 Å². The van der Waals surface area contributed by atoms with E-state index in [9.17, 15) is 14.7 Å². The standard InChI is InChI=1S/C21H30N2O5/c1-2-27-19-13-15(9-11-23-10-3-5-16(14-23)21(25)26)7-8-17(19)22-20(24)18-6-4-12-28-18/h7-8,13,16,18H,2-6,9-12,14H2,1H3,(H,22,24)(H,25,26). The van der Waals surface area contributed by atoms with Gasteiger partial charge in [0.05, 0.1) is 18.2 Å². The van der Waals surface area contributed by atoms with Gasteiger partial charge >= 0.3 is 5.97 Å². The number of hydrogen-bond acceptors (Lipinski definition) is 5. The second-order valence-corrected chi connectivity index (χ2v) is 7.48. The van der Waals surface area contributed by atoms with Crippen LogP contribution in [0.1, 0.15) is 38.2 Å². The number of anilines is 1. The maximum Gasteiger partial charge on any atom is 0.307 e. The number of nitrogens with zero attached hydrogens (tertiary/aromatic N) is 1. The lowest BCUT2D eigenvalue weighted by atomic mass is 9.98. The average Bonchev–Trinajstić information content (AvgIpc) is 3.23. The largest absolute Gasteiger partial charge is 0.492 e. The first-order chi connectivity index (χ1) is 13.6. The summed E-state index contributed by atoms with van der Waals surface area (Å²) < 4.78 is 11.2. The van der Waals surface area contributed by atoms with Crippen LogP contribution in [0.4, 0.5) is 5.69 Å². The van der Waals surface area contributed by atoms with E-state index in [1.54, 1.807) is 0 Å². The minimum atomic E-state index is -0.699. The Morgan fingerprint density at radius 2 is 2.18 bits per heavy atom. The van der Waals surface area contributed by atoms with Crippen LogP contribution in [0.2, 0.25) is 0 Å². The third kappa shape index (κ3) is 5.45. The van der Waals surface area contributed by atoms with Gasteiger partial charge in [-0.25, -0.2) is 0 Å². The molecule has 0 aliphatic carbocycles. The number of ether oxygens (including phenoxy) is 2. The molecule has 2 saturated heterocycles. The van der Waals surface area contributed by atoms with Crippen molar-refractivity contribution in [3.05, 3.63) is 23.8 Å². The zero-order chi connectivity index (χ0) is 19.9. The quantitative estimate of drug-likeness (QED) is 0.709. The molecule has 2 atom stereocenters. The summed E-state index contributed by atoms with van der Waals surface area (Å²) >= 11 is 0. The Balaban J connectivity index is 1.60. The number of benzene rings is 1. The molecule has 1 aromatic rings. The van der Waals surface area contributed by atoms with Gasteiger partial charge in [0.25, 0.3) is 5.91 Å². The van der Waals surface area contributed by atoms with Gasteiger partial charge in [0.15, 0.2) is 0 Å². The molecule has 2 aliphatic heterocycles. The number of nitrogens with one attached hydrogen (secondary N) is 1. The topological polar surface area (TPSA) is 88.1 Å². The molecule has 3 rings (SSSR count). The lowest BCUT2D eigenvalue weighted by Crippen LogP contribution is -2.39. The van der Waals surface area contributed by atoms with E-state index < -0.39 is 5.97 Å². The summed E-state index contributed by atoms with van der Waals surface area (Å²) in [7, 11) is 0. The lowest BCUT2D eigenvalue weighted by molar-refractivity contribution is -0.143. The normalized spacial score (nSPS) is 22.8. The zero-order valence-electron chi connectivity index (χ0n) is 16.5. The fraction of sp³-hybridized carbons (Fsp3) is 0.619. The highest BCUT2D eigenvalue weighted by molar-refractivity contribution is 5.95. The molecule has 0 radical (unpaired) electrons. The van der Waals surface area contributed by atoms with E-state index in [1.807, 2.05) is 25.1 Å². The van der Waals surface area contributed by atoms with Gasteiger partial charge in [-0.15, -0.1) is 0 Å². The van der Waals surface area contributed by atoms with E-state index in [1.165, 1.54) is 0 Å².